The largest absolute Gasteiger partial charge is 0.325 e. The molecule has 0 fully saturated rings. The summed E-state index contributed by atoms with van der Waals surface area (Å²) in [7, 11) is 0. The van der Waals surface area contributed by atoms with Crippen LogP contribution in [0.15, 0.2) is 41.8 Å². The second-order valence-corrected chi connectivity index (χ2v) is 5.53. The van der Waals surface area contributed by atoms with Crippen LogP contribution < -0.4 is 10.6 Å². The van der Waals surface area contributed by atoms with Gasteiger partial charge < -0.3 is 10.6 Å². The summed E-state index contributed by atoms with van der Waals surface area (Å²) < 4.78 is 0. The fourth-order valence-corrected chi connectivity index (χ4v) is 2.44. The number of anilines is 1. The highest BCUT2D eigenvalue weighted by molar-refractivity contribution is 7.09. The molecule has 0 atom stereocenters. The van der Waals surface area contributed by atoms with E-state index in [-0.39, 0.29) is 5.91 Å². The number of hydrogen-bond donors (Lipinski definition) is 2. The Hall–Kier alpha value is -1.36. The lowest BCUT2D eigenvalue weighted by molar-refractivity contribution is -0.115. The summed E-state index contributed by atoms with van der Waals surface area (Å²) in [5, 5.41) is 8.65. The van der Waals surface area contributed by atoms with E-state index in [2.05, 4.69) is 22.1 Å². The van der Waals surface area contributed by atoms with Crippen molar-refractivity contribution >= 4 is 34.5 Å². The molecule has 0 radical (unpaired) electrons. The summed E-state index contributed by atoms with van der Waals surface area (Å²) in [5.41, 5.74) is 0.759. The van der Waals surface area contributed by atoms with E-state index in [0.717, 1.165) is 18.7 Å². The van der Waals surface area contributed by atoms with Crippen LogP contribution in [0.3, 0.4) is 0 Å². The SMILES string of the molecule is O=C(CNCCc1cccs1)Nc1ccc(Cl)cc1. The zero-order valence-electron chi connectivity index (χ0n) is 10.4. The molecule has 19 heavy (non-hydrogen) atoms. The average molecular weight is 295 g/mol. The summed E-state index contributed by atoms with van der Waals surface area (Å²) in [4.78, 5) is 13.0. The summed E-state index contributed by atoms with van der Waals surface area (Å²) in [6.07, 6.45) is 0.950. The zero-order chi connectivity index (χ0) is 13.5. The van der Waals surface area contributed by atoms with E-state index in [1.54, 1.807) is 35.6 Å². The molecule has 3 nitrogen and oxygen atoms in total. The molecule has 1 aromatic carbocycles. The molecule has 5 heteroatoms. The predicted octanol–water partition coefficient (Wildman–Crippen LogP) is 3.17. The molecule has 1 amide bonds. The zero-order valence-corrected chi connectivity index (χ0v) is 11.9. The maximum Gasteiger partial charge on any atom is 0.238 e. The van der Waals surface area contributed by atoms with Crippen LogP contribution >= 0.6 is 22.9 Å². The molecule has 0 saturated carbocycles. The number of carbonyl (C=O) groups excluding carboxylic acids is 1. The molecule has 0 aliphatic heterocycles. The quantitative estimate of drug-likeness (QED) is 0.804. The van der Waals surface area contributed by atoms with Crippen LogP contribution in [0.2, 0.25) is 5.02 Å². The van der Waals surface area contributed by atoms with E-state index in [1.807, 2.05) is 6.07 Å². The van der Waals surface area contributed by atoms with Crippen LogP contribution in [0.5, 0.6) is 0 Å². The molecule has 2 N–H and O–H groups in total. The third kappa shape index (κ3) is 5.03. The standard InChI is InChI=1S/C14H15ClN2OS/c15-11-3-5-12(6-4-11)17-14(18)10-16-8-7-13-2-1-9-19-13/h1-6,9,16H,7-8,10H2,(H,17,18). The Morgan fingerprint density at radius 3 is 2.68 bits per heavy atom. The van der Waals surface area contributed by atoms with Gasteiger partial charge >= 0.3 is 0 Å². The van der Waals surface area contributed by atoms with Crippen molar-refractivity contribution in [2.24, 2.45) is 0 Å². The van der Waals surface area contributed by atoms with Gasteiger partial charge in [-0.2, -0.15) is 0 Å². The van der Waals surface area contributed by atoms with Crippen molar-refractivity contribution in [3.63, 3.8) is 0 Å². The van der Waals surface area contributed by atoms with E-state index < -0.39 is 0 Å². The molecule has 100 valence electrons. The van der Waals surface area contributed by atoms with Gasteiger partial charge in [-0.1, -0.05) is 17.7 Å². The molecular formula is C14H15ClN2OS. The van der Waals surface area contributed by atoms with Crippen LogP contribution in [0.4, 0.5) is 5.69 Å². The Morgan fingerprint density at radius 2 is 2.00 bits per heavy atom. The molecular weight excluding hydrogens is 280 g/mol. The third-order valence-electron chi connectivity index (χ3n) is 2.54. The molecule has 0 bridgehead atoms. The van der Waals surface area contributed by atoms with Gasteiger partial charge in [0.1, 0.15) is 0 Å². The lowest BCUT2D eigenvalue weighted by atomic mass is 10.3. The molecule has 0 aliphatic rings. The van der Waals surface area contributed by atoms with Crippen LogP contribution in [-0.4, -0.2) is 19.0 Å². The monoisotopic (exact) mass is 294 g/mol. The fraction of sp³-hybridized carbons (Fsp3) is 0.214. The van der Waals surface area contributed by atoms with Crippen LogP contribution in [-0.2, 0) is 11.2 Å². The summed E-state index contributed by atoms with van der Waals surface area (Å²) in [6.45, 7) is 1.11. The van der Waals surface area contributed by atoms with Gasteiger partial charge in [0, 0.05) is 22.1 Å². The Balaban J connectivity index is 1.65. The first-order chi connectivity index (χ1) is 9.24. The average Bonchev–Trinajstić information content (AvgIpc) is 2.91. The normalized spacial score (nSPS) is 10.4. The molecule has 1 heterocycles. The number of rotatable bonds is 6. The van der Waals surface area contributed by atoms with Gasteiger partial charge in [-0.15, -0.1) is 11.3 Å². The van der Waals surface area contributed by atoms with E-state index >= 15 is 0 Å². The van der Waals surface area contributed by atoms with E-state index in [4.69, 9.17) is 11.6 Å². The fourth-order valence-electron chi connectivity index (χ4n) is 1.61. The Labute approximate surface area is 121 Å². The molecule has 2 aromatic rings. The minimum Gasteiger partial charge on any atom is -0.325 e. The van der Waals surface area contributed by atoms with Crippen LogP contribution in [0.1, 0.15) is 4.88 Å². The molecule has 0 saturated heterocycles. The van der Waals surface area contributed by atoms with Gasteiger partial charge in [-0.3, -0.25) is 4.79 Å². The smallest absolute Gasteiger partial charge is 0.238 e. The van der Waals surface area contributed by atoms with Crippen molar-refractivity contribution in [2.45, 2.75) is 6.42 Å². The Kier molecular flexibility index (Phi) is 5.39. The van der Waals surface area contributed by atoms with Gasteiger partial charge in [0.25, 0.3) is 0 Å². The highest BCUT2D eigenvalue weighted by Crippen LogP contribution is 2.13. The van der Waals surface area contributed by atoms with E-state index in [1.165, 1.54) is 4.88 Å². The highest BCUT2D eigenvalue weighted by atomic mass is 35.5. The molecule has 1 aromatic heterocycles. The first-order valence-electron chi connectivity index (χ1n) is 6.02. The molecule has 0 spiro atoms. The third-order valence-corrected chi connectivity index (χ3v) is 3.73. The number of amides is 1. The van der Waals surface area contributed by atoms with Gasteiger partial charge in [-0.05, 0) is 42.1 Å². The van der Waals surface area contributed by atoms with Crippen LogP contribution in [0, 0.1) is 0 Å². The number of hydrogen-bond acceptors (Lipinski definition) is 3. The lowest BCUT2D eigenvalue weighted by Gasteiger charge is -2.06. The van der Waals surface area contributed by atoms with Crippen molar-refractivity contribution in [3.05, 3.63) is 51.7 Å². The highest BCUT2D eigenvalue weighted by Gasteiger charge is 2.01. The van der Waals surface area contributed by atoms with Crippen molar-refractivity contribution in [1.82, 2.24) is 5.32 Å². The van der Waals surface area contributed by atoms with Gasteiger partial charge in [-0.25, -0.2) is 0 Å². The molecule has 0 unspecified atom stereocenters. The Morgan fingerprint density at radius 1 is 1.21 bits per heavy atom. The van der Waals surface area contributed by atoms with Crippen LogP contribution in [0.25, 0.3) is 0 Å². The number of halogens is 1. The van der Waals surface area contributed by atoms with Gasteiger partial charge in [0.15, 0.2) is 0 Å². The summed E-state index contributed by atoms with van der Waals surface area (Å²) in [6, 6.07) is 11.2. The number of benzene rings is 1. The van der Waals surface area contributed by atoms with Crippen molar-refractivity contribution < 1.29 is 4.79 Å². The topological polar surface area (TPSA) is 41.1 Å². The lowest BCUT2D eigenvalue weighted by Crippen LogP contribution is -2.29. The van der Waals surface area contributed by atoms with E-state index in [0.29, 0.717) is 11.6 Å². The van der Waals surface area contributed by atoms with Crippen molar-refractivity contribution in [2.75, 3.05) is 18.4 Å². The summed E-state index contributed by atoms with van der Waals surface area (Å²) >= 11 is 7.51. The first-order valence-corrected chi connectivity index (χ1v) is 7.28. The molecule has 0 aliphatic carbocycles. The second-order valence-electron chi connectivity index (χ2n) is 4.06. The van der Waals surface area contributed by atoms with Crippen molar-refractivity contribution in [3.8, 4) is 0 Å². The van der Waals surface area contributed by atoms with Gasteiger partial charge in [0.2, 0.25) is 5.91 Å². The number of carbonyl (C=O) groups is 1. The minimum atomic E-state index is -0.0477. The number of thiophene rings is 1. The van der Waals surface area contributed by atoms with Crippen molar-refractivity contribution in [1.29, 1.82) is 0 Å². The first kappa shape index (κ1) is 14.1. The molecule has 2 rings (SSSR count). The maximum absolute atomic E-state index is 11.7. The summed E-state index contributed by atoms with van der Waals surface area (Å²) in [5.74, 6) is -0.0477. The number of nitrogens with one attached hydrogen (secondary N) is 2. The Bertz CT molecular complexity index is 511. The predicted molar refractivity (Wildman–Crippen MR) is 81.0 cm³/mol. The maximum atomic E-state index is 11.7. The van der Waals surface area contributed by atoms with E-state index in [9.17, 15) is 4.79 Å². The second kappa shape index (κ2) is 7.28. The van der Waals surface area contributed by atoms with Gasteiger partial charge in [0.05, 0.1) is 6.54 Å². The minimum absolute atomic E-state index is 0.0477.